The Labute approximate surface area is 177 Å². The molecule has 7 nitrogen and oxygen atoms in total. The first kappa shape index (κ1) is 20.6. The van der Waals surface area contributed by atoms with Crippen LogP contribution in [0.15, 0.2) is 47.0 Å². The number of hydrogen-bond acceptors (Lipinski definition) is 5. The van der Waals surface area contributed by atoms with Crippen molar-refractivity contribution >= 4 is 17.5 Å². The lowest BCUT2D eigenvalue weighted by Crippen LogP contribution is -2.38. The highest BCUT2D eigenvalue weighted by Gasteiger charge is 2.28. The predicted octanol–water partition coefficient (Wildman–Crippen LogP) is 3.99. The van der Waals surface area contributed by atoms with Gasteiger partial charge in [0.05, 0.1) is 0 Å². The standard InChI is InChI=1S/C22H20F2N4O3/c1-13(29)25-17-5-2-14(3-6-17)20-26-21(31-27-20)15-8-10-28(11-9-15)22(30)16-4-7-18(23)19(24)12-16/h2-7,12,15H,8-11H2,1H3,(H,25,29). The highest BCUT2D eigenvalue weighted by Crippen LogP contribution is 2.29. The molecule has 160 valence electrons. The normalized spacial score (nSPS) is 14.5. The zero-order chi connectivity index (χ0) is 22.0. The zero-order valence-electron chi connectivity index (χ0n) is 16.8. The van der Waals surface area contributed by atoms with Crippen molar-refractivity contribution in [1.29, 1.82) is 0 Å². The largest absolute Gasteiger partial charge is 0.339 e. The van der Waals surface area contributed by atoms with Gasteiger partial charge >= 0.3 is 0 Å². The first-order valence-corrected chi connectivity index (χ1v) is 9.86. The molecule has 0 unspecified atom stereocenters. The van der Waals surface area contributed by atoms with E-state index in [0.29, 0.717) is 43.3 Å². The van der Waals surface area contributed by atoms with Crippen LogP contribution in [0.25, 0.3) is 11.4 Å². The van der Waals surface area contributed by atoms with E-state index in [0.717, 1.165) is 17.7 Å². The Morgan fingerprint density at radius 1 is 1.06 bits per heavy atom. The number of anilines is 1. The van der Waals surface area contributed by atoms with Crippen LogP contribution >= 0.6 is 0 Å². The Hall–Kier alpha value is -3.62. The summed E-state index contributed by atoms with van der Waals surface area (Å²) in [7, 11) is 0. The van der Waals surface area contributed by atoms with Crippen molar-refractivity contribution in [3.63, 3.8) is 0 Å². The molecule has 3 aromatic rings. The van der Waals surface area contributed by atoms with Gasteiger partial charge in [-0.25, -0.2) is 8.78 Å². The van der Waals surface area contributed by atoms with Gasteiger partial charge in [-0.15, -0.1) is 0 Å². The topological polar surface area (TPSA) is 88.3 Å². The summed E-state index contributed by atoms with van der Waals surface area (Å²) >= 11 is 0. The molecule has 1 aliphatic rings. The molecule has 1 aromatic heterocycles. The zero-order valence-corrected chi connectivity index (χ0v) is 16.8. The molecule has 31 heavy (non-hydrogen) atoms. The molecule has 0 saturated carbocycles. The van der Waals surface area contributed by atoms with Crippen molar-refractivity contribution in [1.82, 2.24) is 15.0 Å². The number of carbonyl (C=O) groups is 2. The van der Waals surface area contributed by atoms with Gasteiger partial charge in [-0.3, -0.25) is 9.59 Å². The lowest BCUT2D eigenvalue weighted by molar-refractivity contribution is -0.114. The van der Waals surface area contributed by atoms with E-state index in [-0.39, 0.29) is 23.3 Å². The van der Waals surface area contributed by atoms with Gasteiger partial charge < -0.3 is 14.7 Å². The van der Waals surface area contributed by atoms with Crippen molar-refractivity contribution in [2.45, 2.75) is 25.7 Å². The van der Waals surface area contributed by atoms with E-state index in [1.165, 1.54) is 13.0 Å². The van der Waals surface area contributed by atoms with Gasteiger partial charge in [0.15, 0.2) is 11.6 Å². The fraction of sp³-hybridized carbons (Fsp3) is 0.273. The molecule has 2 amide bonds. The highest BCUT2D eigenvalue weighted by molar-refractivity contribution is 5.94. The van der Waals surface area contributed by atoms with E-state index < -0.39 is 11.6 Å². The second-order valence-electron chi connectivity index (χ2n) is 7.41. The molecule has 0 aliphatic carbocycles. The lowest BCUT2D eigenvalue weighted by atomic mass is 9.96. The molecular weight excluding hydrogens is 406 g/mol. The van der Waals surface area contributed by atoms with Gasteiger partial charge in [0.2, 0.25) is 17.6 Å². The molecule has 9 heteroatoms. The van der Waals surface area contributed by atoms with E-state index in [1.54, 1.807) is 29.2 Å². The van der Waals surface area contributed by atoms with Crippen molar-refractivity contribution in [2.75, 3.05) is 18.4 Å². The number of nitrogens with zero attached hydrogens (tertiary/aromatic N) is 3. The summed E-state index contributed by atoms with van der Waals surface area (Å²) in [5.74, 6) is -1.54. The molecule has 4 rings (SSSR count). The molecule has 0 spiro atoms. The number of nitrogens with one attached hydrogen (secondary N) is 1. The van der Waals surface area contributed by atoms with Gasteiger partial charge in [0.1, 0.15) is 0 Å². The van der Waals surface area contributed by atoms with Gasteiger partial charge in [0.25, 0.3) is 5.91 Å². The minimum Gasteiger partial charge on any atom is -0.339 e. The summed E-state index contributed by atoms with van der Waals surface area (Å²) in [6.07, 6.45) is 1.25. The molecule has 0 atom stereocenters. The fourth-order valence-corrected chi connectivity index (χ4v) is 3.57. The van der Waals surface area contributed by atoms with Crippen molar-refractivity contribution in [2.24, 2.45) is 0 Å². The van der Waals surface area contributed by atoms with E-state index in [4.69, 9.17) is 4.52 Å². The molecule has 1 saturated heterocycles. The predicted molar refractivity (Wildman–Crippen MR) is 108 cm³/mol. The third-order valence-electron chi connectivity index (χ3n) is 5.20. The molecule has 0 radical (unpaired) electrons. The summed E-state index contributed by atoms with van der Waals surface area (Å²) in [5.41, 5.74) is 1.56. The van der Waals surface area contributed by atoms with E-state index in [2.05, 4.69) is 15.5 Å². The number of piperidine rings is 1. The summed E-state index contributed by atoms with van der Waals surface area (Å²) < 4.78 is 32.0. The number of carbonyl (C=O) groups excluding carboxylic acids is 2. The van der Waals surface area contributed by atoms with Gasteiger partial charge in [-0.1, -0.05) is 5.16 Å². The van der Waals surface area contributed by atoms with E-state index in [1.807, 2.05) is 0 Å². The number of aromatic nitrogens is 2. The van der Waals surface area contributed by atoms with Crippen LogP contribution in [-0.4, -0.2) is 39.9 Å². The summed E-state index contributed by atoms with van der Waals surface area (Å²) in [4.78, 5) is 29.8. The average Bonchev–Trinajstić information content (AvgIpc) is 3.26. The lowest BCUT2D eigenvalue weighted by Gasteiger charge is -2.30. The Kier molecular flexibility index (Phi) is 5.75. The van der Waals surface area contributed by atoms with Crippen molar-refractivity contribution < 1.29 is 22.9 Å². The molecule has 1 N–H and O–H groups in total. The van der Waals surface area contributed by atoms with Crippen LogP contribution in [0.3, 0.4) is 0 Å². The maximum atomic E-state index is 13.4. The van der Waals surface area contributed by atoms with Crippen molar-refractivity contribution in [3.8, 4) is 11.4 Å². The Balaban J connectivity index is 1.38. The highest BCUT2D eigenvalue weighted by atomic mass is 19.2. The summed E-state index contributed by atoms with van der Waals surface area (Å²) in [6.45, 7) is 2.34. The molecule has 1 fully saturated rings. The van der Waals surface area contributed by atoms with E-state index in [9.17, 15) is 18.4 Å². The number of likely N-dealkylation sites (tertiary alicyclic amines) is 1. The number of halogens is 2. The van der Waals surface area contributed by atoms with Crippen LogP contribution in [0.1, 0.15) is 41.9 Å². The Bertz CT molecular complexity index is 1110. The van der Waals surface area contributed by atoms with Crippen LogP contribution < -0.4 is 5.32 Å². The SMILES string of the molecule is CC(=O)Nc1ccc(-c2noc(C3CCN(C(=O)c4ccc(F)c(F)c4)CC3)n2)cc1. The molecule has 2 aromatic carbocycles. The summed E-state index contributed by atoms with van der Waals surface area (Å²) in [6, 6.07) is 10.3. The van der Waals surface area contributed by atoms with Crippen molar-refractivity contribution in [3.05, 3.63) is 65.6 Å². The average molecular weight is 426 g/mol. The first-order chi connectivity index (χ1) is 14.9. The Morgan fingerprint density at radius 3 is 2.42 bits per heavy atom. The fourth-order valence-electron chi connectivity index (χ4n) is 3.57. The van der Waals surface area contributed by atoms with Crippen LogP contribution in [0.4, 0.5) is 14.5 Å². The third kappa shape index (κ3) is 4.60. The monoisotopic (exact) mass is 426 g/mol. The van der Waals surface area contributed by atoms with Crippen LogP contribution in [0, 0.1) is 11.6 Å². The van der Waals surface area contributed by atoms with Gasteiger partial charge in [-0.05, 0) is 55.3 Å². The second kappa shape index (κ2) is 8.63. The molecular formula is C22H20F2N4O3. The van der Waals surface area contributed by atoms with Crippen LogP contribution in [0.5, 0.6) is 0 Å². The maximum absolute atomic E-state index is 13.4. The van der Waals surface area contributed by atoms with E-state index >= 15 is 0 Å². The number of amides is 2. The molecule has 2 heterocycles. The number of benzene rings is 2. The minimum absolute atomic E-state index is 0.00825. The molecule has 0 bridgehead atoms. The molecule has 1 aliphatic heterocycles. The summed E-state index contributed by atoms with van der Waals surface area (Å²) in [5, 5.41) is 6.74. The van der Waals surface area contributed by atoms with Gasteiger partial charge in [-0.2, -0.15) is 4.98 Å². The quantitative estimate of drug-likeness (QED) is 0.682. The van der Waals surface area contributed by atoms with Crippen LogP contribution in [-0.2, 0) is 4.79 Å². The number of rotatable bonds is 4. The first-order valence-electron chi connectivity index (χ1n) is 9.86. The van der Waals surface area contributed by atoms with Crippen LogP contribution in [0.2, 0.25) is 0 Å². The Morgan fingerprint density at radius 2 is 1.77 bits per heavy atom. The maximum Gasteiger partial charge on any atom is 0.253 e. The third-order valence-corrected chi connectivity index (χ3v) is 5.20. The second-order valence-corrected chi connectivity index (χ2v) is 7.41. The minimum atomic E-state index is -1.04. The number of hydrogen-bond donors (Lipinski definition) is 1. The van der Waals surface area contributed by atoms with Gasteiger partial charge in [0, 0.05) is 42.7 Å². The smallest absolute Gasteiger partial charge is 0.253 e.